The molecule has 0 bridgehead atoms. The van der Waals surface area contributed by atoms with E-state index in [-0.39, 0.29) is 17.5 Å². The van der Waals surface area contributed by atoms with Crippen LogP contribution in [0.15, 0.2) is 42.5 Å². The molecule has 0 saturated heterocycles. The molecule has 134 valence electrons. The van der Waals surface area contributed by atoms with Gasteiger partial charge in [0.05, 0.1) is 5.69 Å². The average Bonchev–Trinajstić information content (AvgIpc) is 3.01. The number of ketones is 1. The van der Waals surface area contributed by atoms with E-state index in [9.17, 15) is 9.18 Å². The maximum atomic E-state index is 13.1. The van der Waals surface area contributed by atoms with E-state index in [1.165, 1.54) is 24.3 Å². The standard InChI is InChI=1S/C21H22FN3O/c1-2-14-6-9-16-17-11-13(19(26)12-3-7-15(22)8-4-12)5-10-18(17)25-20(16)21(14,23)24/h3-5,7-8,10-11,14,25H,2,6,9,23-24H2,1H3. The van der Waals surface area contributed by atoms with E-state index in [0.29, 0.717) is 11.1 Å². The maximum Gasteiger partial charge on any atom is 0.193 e. The largest absolute Gasteiger partial charge is 0.356 e. The quantitative estimate of drug-likeness (QED) is 0.498. The molecule has 1 aliphatic carbocycles. The van der Waals surface area contributed by atoms with Gasteiger partial charge in [0.25, 0.3) is 0 Å². The first kappa shape index (κ1) is 16.9. The topological polar surface area (TPSA) is 84.9 Å². The molecule has 26 heavy (non-hydrogen) atoms. The molecule has 2 aromatic carbocycles. The highest BCUT2D eigenvalue weighted by Gasteiger charge is 2.39. The lowest BCUT2D eigenvalue weighted by Crippen LogP contribution is -2.54. The molecule has 1 aromatic heterocycles. The van der Waals surface area contributed by atoms with E-state index in [1.807, 2.05) is 12.1 Å². The van der Waals surface area contributed by atoms with Gasteiger partial charge in [-0.2, -0.15) is 0 Å². The number of carbonyl (C=O) groups is 1. The highest BCUT2D eigenvalue weighted by atomic mass is 19.1. The number of benzene rings is 2. The second-order valence-corrected chi connectivity index (χ2v) is 7.15. The molecule has 0 radical (unpaired) electrons. The minimum Gasteiger partial charge on any atom is -0.356 e. The van der Waals surface area contributed by atoms with Crippen LogP contribution in [0.4, 0.5) is 4.39 Å². The summed E-state index contributed by atoms with van der Waals surface area (Å²) in [6, 6.07) is 11.2. The SMILES string of the molecule is CCC1CCc2c([nH]c3ccc(C(=O)c4ccc(F)cc4)cc23)C1(N)N. The number of hydrogen-bond acceptors (Lipinski definition) is 3. The van der Waals surface area contributed by atoms with E-state index >= 15 is 0 Å². The van der Waals surface area contributed by atoms with Crippen LogP contribution in [0.25, 0.3) is 10.9 Å². The Kier molecular flexibility index (Phi) is 3.93. The first-order chi connectivity index (χ1) is 12.4. The zero-order chi connectivity index (χ0) is 18.5. The molecule has 0 amide bonds. The highest BCUT2D eigenvalue weighted by Crippen LogP contribution is 2.39. The summed E-state index contributed by atoms with van der Waals surface area (Å²) in [5.41, 5.74) is 16.0. The van der Waals surface area contributed by atoms with Gasteiger partial charge in [-0.05, 0) is 73.2 Å². The van der Waals surface area contributed by atoms with Crippen molar-refractivity contribution < 1.29 is 9.18 Å². The summed E-state index contributed by atoms with van der Waals surface area (Å²) in [6.07, 6.45) is 2.74. The molecule has 1 atom stereocenters. The molecule has 5 N–H and O–H groups in total. The van der Waals surface area contributed by atoms with Crippen molar-refractivity contribution in [1.82, 2.24) is 4.98 Å². The van der Waals surface area contributed by atoms with Crippen LogP contribution in [0.1, 0.15) is 46.9 Å². The molecule has 3 aromatic rings. The number of hydrogen-bond donors (Lipinski definition) is 3. The first-order valence-electron chi connectivity index (χ1n) is 8.95. The van der Waals surface area contributed by atoms with Gasteiger partial charge in [-0.3, -0.25) is 4.79 Å². The molecular formula is C21H22FN3O. The monoisotopic (exact) mass is 351 g/mol. The maximum absolute atomic E-state index is 13.1. The Hall–Kier alpha value is -2.50. The van der Waals surface area contributed by atoms with Crippen molar-refractivity contribution in [2.45, 2.75) is 31.8 Å². The van der Waals surface area contributed by atoms with Crippen LogP contribution in [0.3, 0.4) is 0 Å². The number of rotatable bonds is 3. The third-order valence-corrected chi connectivity index (χ3v) is 5.62. The molecule has 0 spiro atoms. The summed E-state index contributed by atoms with van der Waals surface area (Å²) in [6.45, 7) is 2.10. The third-order valence-electron chi connectivity index (χ3n) is 5.62. The van der Waals surface area contributed by atoms with E-state index in [1.54, 1.807) is 6.07 Å². The number of aromatic amines is 1. The molecular weight excluding hydrogens is 329 g/mol. The lowest BCUT2D eigenvalue weighted by Gasteiger charge is -2.37. The van der Waals surface area contributed by atoms with Gasteiger partial charge in [-0.15, -0.1) is 0 Å². The van der Waals surface area contributed by atoms with Crippen molar-refractivity contribution in [3.05, 3.63) is 70.7 Å². The third kappa shape index (κ3) is 2.55. The van der Waals surface area contributed by atoms with Crippen LogP contribution in [-0.4, -0.2) is 10.8 Å². The first-order valence-corrected chi connectivity index (χ1v) is 8.95. The van der Waals surface area contributed by atoms with Gasteiger partial charge in [0, 0.05) is 22.0 Å². The van der Waals surface area contributed by atoms with Crippen molar-refractivity contribution in [3.8, 4) is 0 Å². The van der Waals surface area contributed by atoms with Crippen molar-refractivity contribution in [2.75, 3.05) is 0 Å². The normalized spacial score (nSPS) is 18.7. The number of nitrogens with two attached hydrogens (primary N) is 2. The van der Waals surface area contributed by atoms with E-state index < -0.39 is 5.66 Å². The summed E-state index contributed by atoms with van der Waals surface area (Å²) in [7, 11) is 0. The van der Waals surface area contributed by atoms with Gasteiger partial charge in [-0.1, -0.05) is 6.92 Å². The Bertz CT molecular complexity index is 988. The molecule has 4 nitrogen and oxygen atoms in total. The van der Waals surface area contributed by atoms with Gasteiger partial charge in [0.2, 0.25) is 0 Å². The molecule has 0 saturated carbocycles. The summed E-state index contributed by atoms with van der Waals surface area (Å²) in [5, 5.41) is 0.989. The highest BCUT2D eigenvalue weighted by molar-refractivity contribution is 6.10. The molecule has 0 aliphatic heterocycles. The summed E-state index contributed by atoms with van der Waals surface area (Å²) >= 11 is 0. The van der Waals surface area contributed by atoms with Crippen LogP contribution in [0.2, 0.25) is 0 Å². The fourth-order valence-corrected chi connectivity index (χ4v) is 4.09. The predicted molar refractivity (Wildman–Crippen MR) is 100 cm³/mol. The van der Waals surface area contributed by atoms with Crippen LogP contribution in [-0.2, 0) is 12.1 Å². The Morgan fingerprint density at radius 1 is 1.19 bits per heavy atom. The van der Waals surface area contributed by atoms with E-state index in [0.717, 1.165) is 41.4 Å². The minimum absolute atomic E-state index is 0.129. The zero-order valence-electron chi connectivity index (χ0n) is 14.7. The Morgan fingerprint density at radius 2 is 1.88 bits per heavy atom. The van der Waals surface area contributed by atoms with Crippen LogP contribution >= 0.6 is 0 Å². The van der Waals surface area contributed by atoms with Crippen LogP contribution in [0, 0.1) is 11.7 Å². The fourth-order valence-electron chi connectivity index (χ4n) is 4.09. The molecule has 1 unspecified atom stereocenters. The fraction of sp³-hybridized carbons (Fsp3) is 0.286. The number of nitrogens with one attached hydrogen (secondary N) is 1. The molecule has 1 heterocycles. The van der Waals surface area contributed by atoms with Crippen molar-refractivity contribution in [2.24, 2.45) is 17.4 Å². The number of aryl methyl sites for hydroxylation is 1. The number of carbonyl (C=O) groups excluding carboxylic acids is 1. The average molecular weight is 351 g/mol. The lowest BCUT2D eigenvalue weighted by atomic mass is 9.77. The van der Waals surface area contributed by atoms with Crippen molar-refractivity contribution >= 4 is 16.7 Å². The van der Waals surface area contributed by atoms with Crippen LogP contribution < -0.4 is 11.5 Å². The van der Waals surface area contributed by atoms with Gasteiger partial charge in [0.1, 0.15) is 11.5 Å². The zero-order valence-corrected chi connectivity index (χ0v) is 14.7. The van der Waals surface area contributed by atoms with E-state index in [2.05, 4.69) is 11.9 Å². The molecule has 0 fully saturated rings. The Labute approximate surface area is 151 Å². The number of H-pyrrole nitrogens is 1. The predicted octanol–water partition coefficient (Wildman–Crippen LogP) is 3.58. The number of halogens is 1. The van der Waals surface area contributed by atoms with Crippen molar-refractivity contribution in [3.63, 3.8) is 0 Å². The summed E-state index contributed by atoms with van der Waals surface area (Å²) in [5.74, 6) is -0.261. The van der Waals surface area contributed by atoms with Gasteiger partial charge in [-0.25, -0.2) is 4.39 Å². The number of aromatic nitrogens is 1. The second kappa shape index (κ2) is 6.04. The molecule has 1 aliphatic rings. The second-order valence-electron chi connectivity index (χ2n) is 7.15. The summed E-state index contributed by atoms with van der Waals surface area (Å²) in [4.78, 5) is 16.1. The number of fused-ring (bicyclic) bond motifs is 3. The molecule has 5 heteroatoms. The smallest absolute Gasteiger partial charge is 0.193 e. The van der Waals surface area contributed by atoms with Gasteiger partial charge in [0.15, 0.2) is 5.78 Å². The van der Waals surface area contributed by atoms with Gasteiger partial charge < -0.3 is 16.5 Å². The van der Waals surface area contributed by atoms with Crippen molar-refractivity contribution in [1.29, 1.82) is 0 Å². The minimum atomic E-state index is -0.886. The van der Waals surface area contributed by atoms with E-state index in [4.69, 9.17) is 11.5 Å². The van der Waals surface area contributed by atoms with Gasteiger partial charge >= 0.3 is 0 Å². The lowest BCUT2D eigenvalue weighted by molar-refractivity contribution is 0.103. The Balaban J connectivity index is 1.79. The Morgan fingerprint density at radius 3 is 2.58 bits per heavy atom. The van der Waals surface area contributed by atoms with Crippen LogP contribution in [0.5, 0.6) is 0 Å². The molecule has 4 rings (SSSR count). The summed E-state index contributed by atoms with van der Waals surface area (Å²) < 4.78 is 13.1.